The Balaban J connectivity index is 0.000000111. The summed E-state index contributed by atoms with van der Waals surface area (Å²) in [5.41, 5.74) is 25.8. The molecule has 10 heteroatoms. The summed E-state index contributed by atoms with van der Waals surface area (Å²) in [7, 11) is 0. The number of benzene rings is 17. The topological polar surface area (TPSA) is 26.1 Å². The molecule has 0 unspecified atom stereocenters. The van der Waals surface area contributed by atoms with E-state index < -0.39 is 0 Å². The molecule has 0 amide bonds. The lowest BCUT2D eigenvalue weighted by atomic mass is 9.82. The number of hydrogen-bond donors (Lipinski definition) is 0. The van der Waals surface area contributed by atoms with Crippen LogP contribution in [0.4, 0.5) is 68.2 Å². The number of hydrogen-bond acceptors (Lipinski definition) is 6. The van der Waals surface area contributed by atoms with Crippen LogP contribution in [0.3, 0.4) is 0 Å². The lowest BCUT2D eigenvalue weighted by Gasteiger charge is -2.28. The van der Waals surface area contributed by atoms with Gasteiger partial charge in [0, 0.05) is 122 Å². The fourth-order valence-corrected chi connectivity index (χ4v) is 17.4. The van der Waals surface area contributed by atoms with Gasteiger partial charge < -0.3 is 24.0 Å². The van der Waals surface area contributed by atoms with Crippen LogP contribution in [0.2, 0.25) is 0 Å². The average molecular weight is 1760 g/mol. The van der Waals surface area contributed by atoms with E-state index in [9.17, 15) is 0 Å². The molecule has 17 aromatic carbocycles. The number of furan rings is 1. The van der Waals surface area contributed by atoms with Crippen molar-refractivity contribution < 1.29 is 4.42 Å². The van der Waals surface area contributed by atoms with Gasteiger partial charge in [-0.05, 0) is 263 Å². The van der Waals surface area contributed by atoms with Crippen molar-refractivity contribution in [1.29, 1.82) is 0 Å². The molecule has 0 N–H and O–H groups in total. The van der Waals surface area contributed by atoms with Crippen LogP contribution in [0, 0.1) is 0 Å². The van der Waals surface area contributed by atoms with Crippen molar-refractivity contribution in [3.63, 3.8) is 0 Å². The molecule has 115 heavy (non-hydrogen) atoms. The van der Waals surface area contributed by atoms with E-state index in [0.717, 1.165) is 96.7 Å². The predicted octanol–water partition coefficient (Wildman–Crippen LogP) is 33.6. The monoisotopic (exact) mass is 1760 g/mol. The molecule has 0 spiro atoms. The second kappa shape index (κ2) is 34.3. The third-order valence-corrected chi connectivity index (χ3v) is 24.2. The summed E-state index contributed by atoms with van der Waals surface area (Å²) in [6, 6.07) is 149. The van der Waals surface area contributed by atoms with Gasteiger partial charge in [0.05, 0.1) is 0 Å². The van der Waals surface area contributed by atoms with Crippen LogP contribution in [-0.2, 0) is 5.41 Å². The fourth-order valence-electron chi connectivity index (χ4n) is 15.3. The zero-order valence-electron chi connectivity index (χ0n) is 63.0. The smallest absolute Gasteiger partial charge is 0.135 e. The van der Waals surface area contributed by atoms with Gasteiger partial charge in [0.1, 0.15) is 11.2 Å². The van der Waals surface area contributed by atoms with Gasteiger partial charge in [0.25, 0.3) is 0 Å². The highest BCUT2D eigenvalue weighted by Gasteiger charge is 2.36. The fraction of sp³-hybridized carbons (Fsp3) is 0.0286. The van der Waals surface area contributed by atoms with E-state index in [2.05, 4.69) is 485 Å². The van der Waals surface area contributed by atoms with Crippen molar-refractivity contribution in [2.45, 2.75) is 19.3 Å². The molecule has 20 rings (SSSR count). The molecule has 0 atom stereocenters. The van der Waals surface area contributed by atoms with Crippen LogP contribution in [-0.4, -0.2) is 0 Å². The average Bonchev–Trinajstić information content (AvgIpc) is 1.58. The summed E-state index contributed by atoms with van der Waals surface area (Å²) in [5.74, 6) is 0. The van der Waals surface area contributed by atoms with Gasteiger partial charge in [-0.2, -0.15) is 0 Å². The molecule has 0 aliphatic heterocycles. The first-order chi connectivity index (χ1) is 56.4. The first kappa shape index (κ1) is 75.6. The van der Waals surface area contributed by atoms with Crippen LogP contribution < -0.4 is 19.6 Å². The minimum Gasteiger partial charge on any atom is -0.456 e. The van der Waals surface area contributed by atoms with E-state index in [0.29, 0.717) is 0 Å². The number of rotatable bonds is 14. The molecular weight excluding hydrogens is 1680 g/mol. The first-order valence-corrected chi connectivity index (χ1v) is 42.2. The molecule has 0 fully saturated rings. The molecule has 0 saturated carbocycles. The lowest BCUT2D eigenvalue weighted by Crippen LogP contribution is -2.16. The second-order valence-electron chi connectivity index (χ2n) is 28.5. The van der Waals surface area contributed by atoms with E-state index in [4.69, 9.17) is 4.42 Å². The Morgan fingerprint density at radius 1 is 0.217 bits per heavy atom. The van der Waals surface area contributed by atoms with Gasteiger partial charge in [-0.25, -0.2) is 0 Å². The van der Waals surface area contributed by atoms with Gasteiger partial charge in [-0.1, -0.05) is 284 Å². The van der Waals surface area contributed by atoms with E-state index in [1.807, 2.05) is 47.7 Å². The molecule has 0 saturated heterocycles. The quantitative estimate of drug-likeness (QED) is 0.108. The highest BCUT2D eigenvalue weighted by molar-refractivity contribution is 9.11. The minimum atomic E-state index is -0.00991. The van der Waals surface area contributed by atoms with Crippen LogP contribution in [0.15, 0.2) is 447 Å². The van der Waals surface area contributed by atoms with Crippen molar-refractivity contribution in [2.24, 2.45) is 0 Å². The van der Waals surface area contributed by atoms with Crippen molar-refractivity contribution >= 4 is 185 Å². The number of anilines is 12. The molecule has 1 aliphatic rings. The SMILES string of the molecule is Brc1ccc(N(c2ccc(-c3ccccc3)cc2)c2ccc(-c3ccccc3)cc2)cc1.Brc1ccc(N(c2ccccc2)c2ccc3oc4ccccc4c3c2)cc1.Brc1ccc(N(c2ccccc2)c2ccc3sc4ccccc4c3c2)cc1.CC1(C)c2ccccc2-c2ccc(N(c3ccccc3)c3ccc(Br)cc3)cc21. The van der Waals surface area contributed by atoms with Crippen LogP contribution in [0.25, 0.3) is 75.5 Å². The summed E-state index contributed by atoms with van der Waals surface area (Å²) in [5, 5.41) is 4.90. The lowest BCUT2D eigenvalue weighted by molar-refractivity contribution is 0.660. The van der Waals surface area contributed by atoms with E-state index in [1.54, 1.807) is 0 Å². The Morgan fingerprint density at radius 3 is 0.974 bits per heavy atom. The normalized spacial score (nSPS) is 11.6. The van der Waals surface area contributed by atoms with Crippen molar-refractivity contribution in [3.05, 3.63) is 454 Å². The molecule has 0 bridgehead atoms. The maximum absolute atomic E-state index is 5.99. The molecular formula is C105H76Br4N4OS. The number of halogens is 4. The number of thiophene rings is 1. The molecule has 0 radical (unpaired) electrons. The molecule has 2 heterocycles. The van der Waals surface area contributed by atoms with Crippen molar-refractivity contribution in [1.82, 2.24) is 0 Å². The van der Waals surface area contributed by atoms with Gasteiger partial charge in [0.2, 0.25) is 0 Å². The maximum Gasteiger partial charge on any atom is 0.135 e. The summed E-state index contributed by atoms with van der Waals surface area (Å²) in [6.45, 7) is 4.65. The number of nitrogens with zero attached hydrogens (tertiary/aromatic N) is 4. The van der Waals surface area contributed by atoms with Gasteiger partial charge in [-0.15, -0.1) is 11.3 Å². The Kier molecular flexibility index (Phi) is 22.5. The molecule has 1 aliphatic carbocycles. The zero-order valence-corrected chi connectivity index (χ0v) is 70.2. The molecule has 5 nitrogen and oxygen atoms in total. The van der Waals surface area contributed by atoms with E-state index >= 15 is 0 Å². The van der Waals surface area contributed by atoms with Gasteiger partial charge in [-0.3, -0.25) is 0 Å². The second-order valence-corrected chi connectivity index (χ2v) is 33.3. The Bertz CT molecular complexity index is 6230. The highest BCUT2D eigenvalue weighted by Crippen LogP contribution is 2.51. The Hall–Kier alpha value is -12.1. The van der Waals surface area contributed by atoms with Crippen LogP contribution in [0.5, 0.6) is 0 Å². The van der Waals surface area contributed by atoms with Gasteiger partial charge in [0.15, 0.2) is 0 Å². The van der Waals surface area contributed by atoms with Crippen molar-refractivity contribution in [3.8, 4) is 33.4 Å². The Labute approximate surface area is 709 Å². The number of para-hydroxylation sites is 4. The summed E-state index contributed by atoms with van der Waals surface area (Å²) in [4.78, 5) is 9.17. The van der Waals surface area contributed by atoms with E-state index in [1.165, 1.54) is 76.1 Å². The van der Waals surface area contributed by atoms with Gasteiger partial charge >= 0.3 is 0 Å². The summed E-state index contributed by atoms with van der Waals surface area (Å²) in [6.07, 6.45) is 0. The summed E-state index contributed by atoms with van der Waals surface area (Å²) >= 11 is 16.0. The van der Waals surface area contributed by atoms with Crippen molar-refractivity contribution in [2.75, 3.05) is 19.6 Å². The third-order valence-electron chi connectivity index (χ3n) is 20.9. The van der Waals surface area contributed by atoms with Crippen LogP contribution in [0.1, 0.15) is 25.0 Å². The summed E-state index contributed by atoms with van der Waals surface area (Å²) < 4.78 is 12.9. The van der Waals surface area contributed by atoms with E-state index in [-0.39, 0.29) is 5.41 Å². The molecule has 2 aromatic heterocycles. The standard InChI is InChI=1S/C30H22BrN.C27H22BrN.C24H16BrNO.C24H16BrNS/c31-27-15-21-30(22-16-27)32(28-17-11-25(12-18-28)23-7-3-1-4-8-23)29-19-13-26(14-20-29)24-9-5-2-6-10-24;1-27(2)25-11-7-6-10-23(25)24-17-16-22(18-26(24)27)29(20-8-4-3-5-9-20)21-14-12-19(28)13-15-21;2*25-17-10-12-19(13-11-17)26(18-6-2-1-3-7-18)20-14-15-24-22(16-20)21-8-4-5-9-23(21)27-24/h1-22H;3-18H,1-2H3;2*1-16H. The highest BCUT2D eigenvalue weighted by atomic mass is 79.9. The third kappa shape index (κ3) is 16.5. The minimum absolute atomic E-state index is 0.00991. The largest absolute Gasteiger partial charge is 0.456 e. The Morgan fingerprint density at radius 2 is 0.513 bits per heavy atom. The zero-order chi connectivity index (χ0) is 78.2. The molecule has 19 aromatic rings. The van der Waals surface area contributed by atoms with Crippen LogP contribution >= 0.6 is 75.1 Å². The predicted molar refractivity (Wildman–Crippen MR) is 504 cm³/mol. The molecule has 556 valence electrons. The maximum atomic E-state index is 5.99. The number of fused-ring (bicyclic) bond motifs is 9. The first-order valence-electron chi connectivity index (χ1n) is 38.2.